The SMILES string of the molecule is Cc1nc2nc(CCc3ccccc3)[nH]n2c(=O)c1Cl. The van der Waals surface area contributed by atoms with Gasteiger partial charge in [-0.1, -0.05) is 41.9 Å². The molecule has 3 rings (SSSR count). The number of nitrogens with one attached hydrogen (secondary N) is 1. The monoisotopic (exact) mass is 288 g/mol. The Morgan fingerprint density at radius 1 is 1.20 bits per heavy atom. The van der Waals surface area contributed by atoms with Gasteiger partial charge in [0.1, 0.15) is 10.8 Å². The Balaban J connectivity index is 1.90. The Morgan fingerprint density at radius 3 is 2.70 bits per heavy atom. The quantitative estimate of drug-likeness (QED) is 0.803. The van der Waals surface area contributed by atoms with Gasteiger partial charge in [0.25, 0.3) is 11.3 Å². The van der Waals surface area contributed by atoms with E-state index in [0.29, 0.717) is 17.9 Å². The molecule has 0 saturated heterocycles. The number of fused-ring (bicyclic) bond motifs is 1. The molecule has 2 heterocycles. The first-order chi connectivity index (χ1) is 9.65. The third-order valence-electron chi connectivity index (χ3n) is 3.15. The minimum absolute atomic E-state index is 0.126. The number of benzene rings is 1. The summed E-state index contributed by atoms with van der Waals surface area (Å²) in [5.74, 6) is 1.08. The molecule has 0 radical (unpaired) electrons. The lowest BCUT2D eigenvalue weighted by molar-refractivity contribution is 0.818. The highest BCUT2D eigenvalue weighted by atomic mass is 35.5. The highest BCUT2D eigenvalue weighted by Gasteiger charge is 2.11. The lowest BCUT2D eigenvalue weighted by Gasteiger charge is -1.97. The second-order valence-corrected chi connectivity index (χ2v) is 4.99. The number of aryl methyl sites for hydroxylation is 3. The summed E-state index contributed by atoms with van der Waals surface area (Å²) in [5.41, 5.74) is 1.41. The van der Waals surface area contributed by atoms with Crippen molar-refractivity contribution < 1.29 is 0 Å². The molecule has 0 aliphatic heterocycles. The molecular formula is C14H13ClN4O. The van der Waals surface area contributed by atoms with Crippen LogP contribution in [-0.4, -0.2) is 19.6 Å². The molecule has 20 heavy (non-hydrogen) atoms. The molecule has 0 aliphatic rings. The maximum Gasteiger partial charge on any atom is 0.293 e. The van der Waals surface area contributed by atoms with Crippen molar-refractivity contribution in [3.8, 4) is 0 Å². The van der Waals surface area contributed by atoms with E-state index in [1.807, 2.05) is 18.2 Å². The molecule has 0 spiro atoms. The van der Waals surface area contributed by atoms with Gasteiger partial charge in [0.15, 0.2) is 0 Å². The van der Waals surface area contributed by atoms with Crippen molar-refractivity contribution in [2.45, 2.75) is 19.8 Å². The zero-order chi connectivity index (χ0) is 14.1. The van der Waals surface area contributed by atoms with E-state index < -0.39 is 0 Å². The summed E-state index contributed by atoms with van der Waals surface area (Å²) >= 11 is 5.90. The van der Waals surface area contributed by atoms with E-state index in [2.05, 4.69) is 27.2 Å². The molecule has 3 aromatic rings. The smallest absolute Gasteiger partial charge is 0.275 e. The molecular weight excluding hydrogens is 276 g/mol. The number of hydrogen-bond acceptors (Lipinski definition) is 3. The first-order valence-electron chi connectivity index (χ1n) is 6.33. The maximum atomic E-state index is 12.0. The first kappa shape index (κ1) is 12.9. The van der Waals surface area contributed by atoms with Crippen molar-refractivity contribution in [1.82, 2.24) is 19.6 Å². The fourth-order valence-corrected chi connectivity index (χ4v) is 2.19. The maximum absolute atomic E-state index is 12.0. The minimum atomic E-state index is -0.312. The van der Waals surface area contributed by atoms with E-state index in [0.717, 1.165) is 12.2 Å². The van der Waals surface area contributed by atoms with E-state index in [1.54, 1.807) is 6.92 Å². The highest BCUT2D eigenvalue weighted by Crippen LogP contribution is 2.09. The van der Waals surface area contributed by atoms with Gasteiger partial charge in [0.05, 0.1) is 5.69 Å². The van der Waals surface area contributed by atoms with Gasteiger partial charge in [-0.2, -0.15) is 9.50 Å². The van der Waals surface area contributed by atoms with Gasteiger partial charge < -0.3 is 0 Å². The van der Waals surface area contributed by atoms with Crippen LogP contribution in [0.5, 0.6) is 0 Å². The summed E-state index contributed by atoms with van der Waals surface area (Å²) in [6.45, 7) is 1.70. The van der Waals surface area contributed by atoms with E-state index >= 15 is 0 Å². The normalized spacial score (nSPS) is 11.1. The predicted molar refractivity (Wildman–Crippen MR) is 77.2 cm³/mol. The first-order valence-corrected chi connectivity index (χ1v) is 6.70. The largest absolute Gasteiger partial charge is 0.293 e. The Kier molecular flexibility index (Phi) is 3.28. The molecule has 102 valence electrons. The second-order valence-electron chi connectivity index (χ2n) is 4.61. The van der Waals surface area contributed by atoms with Crippen LogP contribution >= 0.6 is 11.6 Å². The minimum Gasteiger partial charge on any atom is -0.275 e. The standard InChI is InChI=1S/C14H13ClN4O/c1-9-12(15)13(20)19-14(16-9)17-11(18-19)8-7-10-5-3-2-4-6-10/h2-6H,7-8H2,1H3,(H,16,17,18). The number of aromatic nitrogens is 4. The van der Waals surface area contributed by atoms with Gasteiger partial charge in [-0.25, -0.2) is 4.98 Å². The zero-order valence-electron chi connectivity index (χ0n) is 10.9. The Hall–Kier alpha value is -2.14. The van der Waals surface area contributed by atoms with Gasteiger partial charge in [-0.05, 0) is 18.9 Å². The van der Waals surface area contributed by atoms with Crippen LogP contribution in [0.15, 0.2) is 35.1 Å². The van der Waals surface area contributed by atoms with Crippen LogP contribution in [0.1, 0.15) is 17.1 Å². The molecule has 0 aliphatic carbocycles. The van der Waals surface area contributed by atoms with E-state index in [1.165, 1.54) is 10.1 Å². The Labute approximate surface area is 120 Å². The van der Waals surface area contributed by atoms with Crippen molar-refractivity contribution in [3.05, 3.63) is 62.8 Å². The topological polar surface area (TPSA) is 63.1 Å². The van der Waals surface area contributed by atoms with Crippen LogP contribution in [0.3, 0.4) is 0 Å². The zero-order valence-corrected chi connectivity index (χ0v) is 11.7. The van der Waals surface area contributed by atoms with Crippen LogP contribution in [0.4, 0.5) is 0 Å². The Bertz CT molecular complexity index is 807. The number of rotatable bonds is 3. The molecule has 6 heteroatoms. The van der Waals surface area contributed by atoms with Gasteiger partial charge >= 0.3 is 0 Å². The van der Waals surface area contributed by atoms with Crippen molar-refractivity contribution in [2.24, 2.45) is 0 Å². The fourth-order valence-electron chi connectivity index (χ4n) is 2.06. The van der Waals surface area contributed by atoms with Crippen LogP contribution in [0.25, 0.3) is 5.78 Å². The van der Waals surface area contributed by atoms with Crippen molar-refractivity contribution in [2.75, 3.05) is 0 Å². The third-order valence-corrected chi connectivity index (χ3v) is 3.58. The average Bonchev–Trinajstić information content (AvgIpc) is 2.87. The molecule has 0 amide bonds. The van der Waals surface area contributed by atoms with Crippen LogP contribution in [0.2, 0.25) is 5.02 Å². The fraction of sp³-hybridized carbons (Fsp3) is 0.214. The molecule has 0 bridgehead atoms. The molecule has 1 aromatic carbocycles. The molecule has 0 unspecified atom stereocenters. The third kappa shape index (κ3) is 2.32. The number of aromatic amines is 1. The number of halogens is 1. The summed E-state index contributed by atoms with van der Waals surface area (Å²) in [6, 6.07) is 10.1. The lowest BCUT2D eigenvalue weighted by atomic mass is 10.1. The van der Waals surface area contributed by atoms with Gasteiger partial charge in [-0.15, -0.1) is 0 Å². The van der Waals surface area contributed by atoms with Crippen LogP contribution < -0.4 is 5.56 Å². The summed E-state index contributed by atoms with van der Waals surface area (Å²) in [6.07, 6.45) is 1.56. The van der Waals surface area contributed by atoms with Gasteiger partial charge in [-0.3, -0.25) is 9.89 Å². The molecule has 2 aromatic heterocycles. The second kappa shape index (κ2) is 5.09. The van der Waals surface area contributed by atoms with Gasteiger partial charge in [0, 0.05) is 6.42 Å². The predicted octanol–water partition coefficient (Wildman–Crippen LogP) is 2.16. The molecule has 5 nitrogen and oxygen atoms in total. The van der Waals surface area contributed by atoms with E-state index in [-0.39, 0.29) is 10.6 Å². The summed E-state index contributed by atoms with van der Waals surface area (Å²) < 4.78 is 1.29. The summed E-state index contributed by atoms with van der Waals surface area (Å²) in [4.78, 5) is 20.5. The van der Waals surface area contributed by atoms with Crippen molar-refractivity contribution >= 4 is 17.4 Å². The highest BCUT2D eigenvalue weighted by molar-refractivity contribution is 6.31. The summed E-state index contributed by atoms with van der Waals surface area (Å²) in [5, 5.41) is 3.07. The van der Waals surface area contributed by atoms with E-state index in [4.69, 9.17) is 11.6 Å². The summed E-state index contributed by atoms with van der Waals surface area (Å²) in [7, 11) is 0. The lowest BCUT2D eigenvalue weighted by Crippen LogP contribution is -2.17. The van der Waals surface area contributed by atoms with E-state index in [9.17, 15) is 4.79 Å². The van der Waals surface area contributed by atoms with Gasteiger partial charge in [0.2, 0.25) is 0 Å². The number of H-pyrrole nitrogens is 1. The Morgan fingerprint density at radius 2 is 1.95 bits per heavy atom. The average molecular weight is 289 g/mol. The van der Waals surface area contributed by atoms with Crippen LogP contribution in [0, 0.1) is 6.92 Å². The number of nitrogens with zero attached hydrogens (tertiary/aromatic N) is 3. The molecule has 0 saturated carbocycles. The van der Waals surface area contributed by atoms with Crippen LogP contribution in [-0.2, 0) is 12.8 Å². The molecule has 0 atom stereocenters. The number of hydrogen-bond donors (Lipinski definition) is 1. The molecule has 1 N–H and O–H groups in total. The van der Waals surface area contributed by atoms with Crippen molar-refractivity contribution in [1.29, 1.82) is 0 Å². The van der Waals surface area contributed by atoms with Crippen molar-refractivity contribution in [3.63, 3.8) is 0 Å². The molecule has 0 fully saturated rings.